The van der Waals surface area contributed by atoms with Crippen LogP contribution in [0.5, 0.6) is 11.5 Å². The van der Waals surface area contributed by atoms with Gasteiger partial charge in [-0.2, -0.15) is 0 Å². The van der Waals surface area contributed by atoms with Crippen molar-refractivity contribution in [3.8, 4) is 11.5 Å². The zero-order valence-corrected chi connectivity index (χ0v) is 14.2. The molecule has 1 aromatic rings. The van der Waals surface area contributed by atoms with Gasteiger partial charge in [-0.05, 0) is 47.7 Å². The average Bonchev–Trinajstić information content (AvgIpc) is 3.28. The summed E-state index contributed by atoms with van der Waals surface area (Å²) in [4.78, 5) is 0. The van der Waals surface area contributed by atoms with Crippen LogP contribution in [0.3, 0.4) is 0 Å². The fraction of sp³-hybridized carbons (Fsp3) is 0.571. The number of hydrogen-bond donors (Lipinski definition) is 0. The Morgan fingerprint density at radius 1 is 1.43 bits per heavy atom. The van der Waals surface area contributed by atoms with Gasteiger partial charge in [0.2, 0.25) is 10.0 Å². The molecule has 3 rings (SSSR count). The van der Waals surface area contributed by atoms with Crippen LogP contribution in [-0.4, -0.2) is 33.9 Å². The number of anilines is 1. The van der Waals surface area contributed by atoms with Gasteiger partial charge in [-0.3, -0.25) is 4.31 Å². The first-order valence-corrected chi connectivity index (χ1v) is 9.51. The predicted octanol–water partition coefficient (Wildman–Crippen LogP) is 2.79. The maximum Gasteiger partial charge on any atom is 0.235 e. The highest BCUT2D eigenvalue weighted by Gasteiger charge is 2.29. The highest BCUT2D eigenvalue weighted by Crippen LogP contribution is 2.42. The minimum Gasteiger partial charge on any atom is -0.492 e. The molecule has 1 aliphatic heterocycles. The van der Waals surface area contributed by atoms with Crippen LogP contribution in [-0.2, 0) is 10.0 Å². The molecule has 0 radical (unpaired) electrons. The third-order valence-electron chi connectivity index (χ3n) is 3.71. The lowest BCUT2D eigenvalue weighted by atomic mass is 10.2. The highest BCUT2D eigenvalue weighted by molar-refractivity contribution is 9.10. The van der Waals surface area contributed by atoms with Gasteiger partial charge >= 0.3 is 0 Å². The van der Waals surface area contributed by atoms with Crippen LogP contribution in [0.25, 0.3) is 0 Å². The van der Waals surface area contributed by atoms with Gasteiger partial charge in [-0.25, -0.2) is 8.42 Å². The number of ether oxygens (including phenoxy) is 2. The summed E-state index contributed by atoms with van der Waals surface area (Å²) in [6, 6.07) is 3.54. The summed E-state index contributed by atoms with van der Waals surface area (Å²) in [5.41, 5.74) is 0.578. The lowest BCUT2D eigenvalue weighted by Crippen LogP contribution is -2.38. The number of nitrogens with zero attached hydrogens (tertiary/aromatic N) is 1. The maximum absolute atomic E-state index is 12.2. The van der Waals surface area contributed by atoms with Gasteiger partial charge in [0.15, 0.2) is 0 Å². The summed E-state index contributed by atoms with van der Waals surface area (Å²) in [6.07, 6.45) is 2.45. The molecule has 0 N–H and O–H groups in total. The molecule has 1 saturated carbocycles. The average molecular weight is 376 g/mol. The number of sulfonamides is 1. The molecule has 7 heteroatoms. The van der Waals surface area contributed by atoms with Crippen molar-refractivity contribution in [3.05, 3.63) is 16.6 Å². The highest BCUT2D eigenvalue weighted by atomic mass is 79.9. The molecule has 5 nitrogen and oxygen atoms in total. The molecule has 0 bridgehead atoms. The normalized spacial score (nSPS) is 18.1. The van der Waals surface area contributed by atoms with Crippen molar-refractivity contribution in [2.45, 2.75) is 19.8 Å². The zero-order valence-electron chi connectivity index (χ0n) is 11.8. The van der Waals surface area contributed by atoms with Gasteiger partial charge in [0.25, 0.3) is 0 Å². The van der Waals surface area contributed by atoms with E-state index >= 15 is 0 Å². The molecular formula is C14H18BrNO4S. The van der Waals surface area contributed by atoms with Gasteiger partial charge in [0.1, 0.15) is 18.1 Å². The number of fused-ring (bicyclic) bond motifs is 1. The van der Waals surface area contributed by atoms with Crippen LogP contribution in [0, 0.1) is 5.92 Å². The Labute approximate surface area is 133 Å². The summed E-state index contributed by atoms with van der Waals surface area (Å²) in [5.74, 6) is 2.00. The Balaban J connectivity index is 1.91. The number of benzene rings is 1. The Bertz CT molecular complexity index is 643. The van der Waals surface area contributed by atoms with E-state index in [2.05, 4.69) is 15.9 Å². The fourth-order valence-electron chi connectivity index (χ4n) is 2.24. The summed E-state index contributed by atoms with van der Waals surface area (Å²) < 4.78 is 37.9. The van der Waals surface area contributed by atoms with E-state index in [1.54, 1.807) is 19.1 Å². The first-order valence-electron chi connectivity index (χ1n) is 7.11. The van der Waals surface area contributed by atoms with E-state index in [0.29, 0.717) is 42.9 Å². The van der Waals surface area contributed by atoms with Gasteiger partial charge in [0, 0.05) is 6.07 Å². The van der Waals surface area contributed by atoms with Crippen LogP contribution in [0.15, 0.2) is 16.6 Å². The van der Waals surface area contributed by atoms with E-state index < -0.39 is 10.0 Å². The predicted molar refractivity (Wildman–Crippen MR) is 84.7 cm³/mol. The molecule has 116 valence electrons. The van der Waals surface area contributed by atoms with E-state index in [9.17, 15) is 8.42 Å². The Morgan fingerprint density at radius 3 is 2.86 bits per heavy atom. The fourth-order valence-corrected chi connectivity index (χ4v) is 3.79. The van der Waals surface area contributed by atoms with Crippen molar-refractivity contribution >= 4 is 31.6 Å². The van der Waals surface area contributed by atoms with Crippen LogP contribution < -0.4 is 13.8 Å². The molecule has 0 aromatic heterocycles. The van der Waals surface area contributed by atoms with Crippen molar-refractivity contribution in [2.24, 2.45) is 5.92 Å². The van der Waals surface area contributed by atoms with E-state index in [-0.39, 0.29) is 5.75 Å². The van der Waals surface area contributed by atoms with Crippen LogP contribution in [0.1, 0.15) is 19.8 Å². The molecule has 1 aliphatic carbocycles. The summed E-state index contributed by atoms with van der Waals surface area (Å²) in [5, 5.41) is 0. The SMILES string of the molecule is CCS(=O)(=O)N1CCOc2cc(OCC3CC3)c(Br)cc21. The largest absolute Gasteiger partial charge is 0.492 e. The molecule has 21 heavy (non-hydrogen) atoms. The monoisotopic (exact) mass is 375 g/mol. The zero-order chi connectivity index (χ0) is 15.0. The van der Waals surface area contributed by atoms with E-state index in [4.69, 9.17) is 9.47 Å². The van der Waals surface area contributed by atoms with Gasteiger partial charge in [-0.1, -0.05) is 0 Å². The Morgan fingerprint density at radius 2 is 2.19 bits per heavy atom. The second kappa shape index (κ2) is 5.68. The number of rotatable bonds is 5. The molecule has 0 atom stereocenters. The summed E-state index contributed by atoms with van der Waals surface area (Å²) >= 11 is 3.46. The van der Waals surface area contributed by atoms with Crippen molar-refractivity contribution in [2.75, 3.05) is 29.8 Å². The van der Waals surface area contributed by atoms with E-state index in [1.165, 1.54) is 17.1 Å². The minimum absolute atomic E-state index is 0.0734. The Kier molecular flexibility index (Phi) is 4.05. The smallest absolute Gasteiger partial charge is 0.235 e. The van der Waals surface area contributed by atoms with Crippen LogP contribution >= 0.6 is 15.9 Å². The molecular weight excluding hydrogens is 358 g/mol. The van der Waals surface area contributed by atoms with Crippen molar-refractivity contribution in [3.63, 3.8) is 0 Å². The molecule has 0 spiro atoms. The van der Waals surface area contributed by atoms with Gasteiger partial charge in [-0.15, -0.1) is 0 Å². The molecule has 0 saturated heterocycles. The molecule has 1 fully saturated rings. The van der Waals surface area contributed by atoms with E-state index in [1.807, 2.05) is 0 Å². The lowest BCUT2D eigenvalue weighted by molar-refractivity contribution is 0.288. The van der Waals surface area contributed by atoms with Crippen molar-refractivity contribution in [1.29, 1.82) is 0 Å². The third kappa shape index (κ3) is 3.13. The standard InChI is InChI=1S/C14H18BrNO4S/c1-2-21(17,18)16-5-6-19-14-8-13(11(15)7-12(14)16)20-9-10-3-4-10/h7-8,10H,2-6,9H2,1H3. The summed E-state index contributed by atoms with van der Waals surface area (Å²) in [6.45, 7) is 3.05. The second-order valence-electron chi connectivity index (χ2n) is 5.33. The van der Waals surface area contributed by atoms with Gasteiger partial charge in [0.05, 0.1) is 29.1 Å². The Hall–Kier alpha value is -0.950. The van der Waals surface area contributed by atoms with Crippen LogP contribution in [0.2, 0.25) is 0 Å². The maximum atomic E-state index is 12.2. The quantitative estimate of drug-likeness (QED) is 0.793. The third-order valence-corrected chi connectivity index (χ3v) is 6.11. The second-order valence-corrected chi connectivity index (χ2v) is 8.36. The molecule has 0 amide bonds. The van der Waals surface area contributed by atoms with E-state index in [0.717, 1.165) is 4.47 Å². The molecule has 0 unspecified atom stereocenters. The lowest BCUT2D eigenvalue weighted by Gasteiger charge is -2.30. The van der Waals surface area contributed by atoms with Crippen molar-refractivity contribution in [1.82, 2.24) is 0 Å². The first-order chi connectivity index (χ1) is 10.0. The van der Waals surface area contributed by atoms with Crippen molar-refractivity contribution < 1.29 is 17.9 Å². The van der Waals surface area contributed by atoms with Crippen LogP contribution in [0.4, 0.5) is 5.69 Å². The minimum atomic E-state index is -3.29. The first kappa shape index (κ1) is 15.0. The van der Waals surface area contributed by atoms with Gasteiger partial charge < -0.3 is 9.47 Å². The molecule has 1 heterocycles. The summed E-state index contributed by atoms with van der Waals surface area (Å²) in [7, 11) is -3.29. The number of halogens is 1. The molecule has 2 aliphatic rings. The molecule has 1 aromatic carbocycles. The topological polar surface area (TPSA) is 55.8 Å². The number of hydrogen-bond acceptors (Lipinski definition) is 4.